The largest absolute Gasteiger partial charge is 0.391 e. The van der Waals surface area contributed by atoms with Crippen LogP contribution >= 0.6 is 0 Å². The Morgan fingerprint density at radius 1 is 1.39 bits per heavy atom. The number of aliphatic hydroxyl groups is 1. The third-order valence-corrected chi connectivity index (χ3v) is 5.25. The van der Waals surface area contributed by atoms with Gasteiger partial charge in [0.25, 0.3) is 5.91 Å². The number of hydrogen-bond acceptors (Lipinski definition) is 6. The monoisotopic (exact) mass is 377 g/mol. The van der Waals surface area contributed by atoms with Crippen LogP contribution in [0.25, 0.3) is 27.9 Å². The molecule has 5 rings (SSSR count). The minimum absolute atomic E-state index is 0.214. The van der Waals surface area contributed by atoms with Crippen LogP contribution in [-0.2, 0) is 0 Å². The second-order valence-corrected chi connectivity index (χ2v) is 6.90. The summed E-state index contributed by atoms with van der Waals surface area (Å²) >= 11 is 0. The Morgan fingerprint density at radius 3 is 3.04 bits per heavy atom. The lowest BCUT2D eigenvalue weighted by atomic mass is 9.89. The smallest absolute Gasteiger partial charge is 0.257 e. The fourth-order valence-corrected chi connectivity index (χ4v) is 3.50. The summed E-state index contributed by atoms with van der Waals surface area (Å²) in [4.78, 5) is 24.9. The van der Waals surface area contributed by atoms with Gasteiger partial charge in [0.1, 0.15) is 17.0 Å². The Morgan fingerprint density at radius 2 is 2.29 bits per heavy atom. The number of nitrogens with one attached hydrogen (secondary N) is 3. The number of fused-ring (bicyclic) bond motifs is 2. The number of carbonyl (C=O) groups is 1. The van der Waals surface area contributed by atoms with Crippen LogP contribution in [0.2, 0.25) is 0 Å². The van der Waals surface area contributed by atoms with E-state index in [1.807, 2.05) is 24.4 Å². The van der Waals surface area contributed by atoms with E-state index in [2.05, 4.69) is 25.7 Å². The van der Waals surface area contributed by atoms with Gasteiger partial charge in [-0.1, -0.05) is 0 Å². The molecule has 1 aliphatic rings. The number of pyridine rings is 1. The molecule has 0 saturated heterocycles. The van der Waals surface area contributed by atoms with E-state index in [0.717, 1.165) is 23.0 Å². The summed E-state index contributed by atoms with van der Waals surface area (Å²) in [5.74, 6) is 0.423. The molecule has 0 radical (unpaired) electrons. The van der Waals surface area contributed by atoms with E-state index in [0.29, 0.717) is 29.1 Å². The summed E-state index contributed by atoms with van der Waals surface area (Å²) in [6.45, 7) is 0. The maximum Gasteiger partial charge on any atom is 0.257 e. The van der Waals surface area contributed by atoms with Crippen LogP contribution < -0.4 is 10.6 Å². The highest BCUT2D eigenvalue weighted by Crippen LogP contribution is 2.29. The third-order valence-electron chi connectivity index (χ3n) is 5.25. The zero-order valence-electron chi connectivity index (χ0n) is 15.2. The Balaban J connectivity index is 1.62. The van der Waals surface area contributed by atoms with E-state index in [-0.39, 0.29) is 11.9 Å². The summed E-state index contributed by atoms with van der Waals surface area (Å²) in [6, 6.07) is 5.52. The molecule has 1 fully saturated rings. The zero-order valence-corrected chi connectivity index (χ0v) is 15.2. The maximum absolute atomic E-state index is 12.7. The standard InChI is InChI=1S/C19H19N7O2/c1-20-16-7-14(11-8-22-17-10(11)3-2-6-21-17)24-18-12(9-23-26(16)18)19(28)25-13-4-5-15(13)27/h2-3,6-9,13,15,20,27H,4-5H2,1H3,(H,21,22)(H,25,28). The quantitative estimate of drug-likeness (QED) is 0.428. The van der Waals surface area contributed by atoms with Crippen molar-refractivity contribution in [3.05, 3.63) is 42.4 Å². The summed E-state index contributed by atoms with van der Waals surface area (Å²) in [5.41, 5.74) is 3.19. The van der Waals surface area contributed by atoms with Crippen molar-refractivity contribution in [2.45, 2.75) is 25.0 Å². The third kappa shape index (κ3) is 2.51. The molecule has 4 aromatic rings. The van der Waals surface area contributed by atoms with Crippen molar-refractivity contribution in [3.63, 3.8) is 0 Å². The van der Waals surface area contributed by atoms with E-state index < -0.39 is 6.10 Å². The van der Waals surface area contributed by atoms with Crippen molar-refractivity contribution in [1.82, 2.24) is 29.9 Å². The number of rotatable bonds is 4. The molecule has 0 bridgehead atoms. The SMILES string of the molecule is CNc1cc(-c2c[nH]c3ncccc23)nc2c(C(=O)NC3CCC3O)cnn12. The first-order chi connectivity index (χ1) is 13.7. The maximum atomic E-state index is 12.7. The van der Waals surface area contributed by atoms with Gasteiger partial charge in [0, 0.05) is 36.5 Å². The van der Waals surface area contributed by atoms with Crippen LogP contribution in [0.5, 0.6) is 0 Å². The van der Waals surface area contributed by atoms with Crippen molar-refractivity contribution in [2.24, 2.45) is 0 Å². The Labute approximate surface area is 159 Å². The summed E-state index contributed by atoms with van der Waals surface area (Å²) < 4.78 is 1.60. The Bertz CT molecular complexity index is 1200. The molecule has 9 heteroatoms. The van der Waals surface area contributed by atoms with Gasteiger partial charge in [-0.2, -0.15) is 9.61 Å². The Hall–Kier alpha value is -3.46. The van der Waals surface area contributed by atoms with Gasteiger partial charge in [-0.25, -0.2) is 9.97 Å². The van der Waals surface area contributed by atoms with Gasteiger partial charge < -0.3 is 20.7 Å². The summed E-state index contributed by atoms with van der Waals surface area (Å²) in [6.07, 6.45) is 6.09. The van der Waals surface area contributed by atoms with Gasteiger partial charge in [-0.3, -0.25) is 4.79 Å². The number of aromatic amines is 1. The predicted octanol–water partition coefficient (Wildman–Crippen LogP) is 1.57. The van der Waals surface area contributed by atoms with Crippen LogP contribution in [-0.4, -0.2) is 54.8 Å². The molecule has 0 aliphatic heterocycles. The first-order valence-corrected chi connectivity index (χ1v) is 9.13. The van der Waals surface area contributed by atoms with Gasteiger partial charge in [-0.15, -0.1) is 0 Å². The lowest BCUT2D eigenvalue weighted by Crippen LogP contribution is -2.50. The van der Waals surface area contributed by atoms with Crippen LogP contribution in [0.1, 0.15) is 23.2 Å². The molecule has 0 spiro atoms. The molecule has 9 nitrogen and oxygen atoms in total. The van der Waals surface area contributed by atoms with Crippen molar-refractivity contribution >= 4 is 28.4 Å². The lowest BCUT2D eigenvalue weighted by Gasteiger charge is -2.32. The number of carbonyl (C=O) groups excluding carboxylic acids is 1. The van der Waals surface area contributed by atoms with Crippen molar-refractivity contribution in [2.75, 3.05) is 12.4 Å². The Kier molecular flexibility index (Phi) is 3.76. The zero-order chi connectivity index (χ0) is 19.3. The van der Waals surface area contributed by atoms with Crippen molar-refractivity contribution < 1.29 is 9.90 Å². The first-order valence-electron chi connectivity index (χ1n) is 9.13. The fourth-order valence-electron chi connectivity index (χ4n) is 3.50. The van der Waals surface area contributed by atoms with E-state index in [9.17, 15) is 9.90 Å². The number of aliphatic hydroxyl groups excluding tert-OH is 1. The number of anilines is 1. The van der Waals surface area contributed by atoms with E-state index >= 15 is 0 Å². The van der Waals surface area contributed by atoms with Gasteiger partial charge >= 0.3 is 0 Å². The minimum Gasteiger partial charge on any atom is -0.391 e. The molecule has 1 aliphatic carbocycles. The van der Waals surface area contributed by atoms with Crippen molar-refractivity contribution in [3.8, 4) is 11.3 Å². The highest BCUT2D eigenvalue weighted by atomic mass is 16.3. The topological polar surface area (TPSA) is 120 Å². The summed E-state index contributed by atoms with van der Waals surface area (Å²) in [5, 5.41) is 21.0. The van der Waals surface area contributed by atoms with Crippen LogP contribution in [0.15, 0.2) is 36.8 Å². The average Bonchev–Trinajstić information content (AvgIpc) is 3.34. The molecule has 1 amide bonds. The van der Waals surface area contributed by atoms with E-state index in [1.54, 1.807) is 17.8 Å². The number of amides is 1. The number of hydrogen-bond donors (Lipinski definition) is 4. The number of nitrogens with zero attached hydrogens (tertiary/aromatic N) is 4. The first kappa shape index (κ1) is 16.7. The highest BCUT2D eigenvalue weighted by Gasteiger charge is 2.31. The molecular weight excluding hydrogens is 358 g/mol. The van der Waals surface area contributed by atoms with Crippen LogP contribution in [0, 0.1) is 0 Å². The van der Waals surface area contributed by atoms with Gasteiger partial charge in [0.05, 0.1) is 24.0 Å². The number of aromatic nitrogens is 5. The molecule has 2 unspecified atom stereocenters. The normalized spacial score (nSPS) is 18.9. The van der Waals surface area contributed by atoms with Gasteiger partial charge in [0.2, 0.25) is 0 Å². The van der Waals surface area contributed by atoms with Gasteiger partial charge in [0.15, 0.2) is 5.65 Å². The highest BCUT2D eigenvalue weighted by molar-refractivity contribution is 6.01. The van der Waals surface area contributed by atoms with Crippen LogP contribution in [0.4, 0.5) is 5.82 Å². The lowest BCUT2D eigenvalue weighted by molar-refractivity contribution is 0.0448. The van der Waals surface area contributed by atoms with Crippen molar-refractivity contribution in [1.29, 1.82) is 0 Å². The predicted molar refractivity (Wildman–Crippen MR) is 104 cm³/mol. The molecule has 4 N–H and O–H groups in total. The molecule has 142 valence electrons. The molecule has 4 heterocycles. The van der Waals surface area contributed by atoms with E-state index in [4.69, 9.17) is 4.98 Å². The second kappa shape index (κ2) is 6.31. The minimum atomic E-state index is -0.485. The van der Waals surface area contributed by atoms with Crippen LogP contribution in [0.3, 0.4) is 0 Å². The summed E-state index contributed by atoms with van der Waals surface area (Å²) in [7, 11) is 1.79. The molecule has 28 heavy (non-hydrogen) atoms. The van der Waals surface area contributed by atoms with E-state index in [1.165, 1.54) is 6.20 Å². The number of H-pyrrole nitrogens is 1. The molecule has 4 aromatic heterocycles. The van der Waals surface area contributed by atoms with Gasteiger partial charge in [-0.05, 0) is 25.0 Å². The second-order valence-electron chi connectivity index (χ2n) is 6.90. The molecular formula is C19H19N7O2. The molecule has 2 atom stereocenters. The molecule has 0 aromatic carbocycles. The fraction of sp³-hybridized carbons (Fsp3) is 0.263. The average molecular weight is 377 g/mol. The molecule has 1 saturated carbocycles.